The highest BCUT2D eigenvalue weighted by molar-refractivity contribution is 6.73. The molecule has 0 spiro atoms. The van der Waals surface area contributed by atoms with Crippen molar-refractivity contribution in [1.29, 1.82) is 0 Å². The molecule has 5 heteroatoms. The highest BCUT2D eigenvalue weighted by Gasteiger charge is 2.28. The molecule has 0 amide bonds. The van der Waals surface area contributed by atoms with E-state index >= 15 is 0 Å². The lowest BCUT2D eigenvalue weighted by molar-refractivity contribution is -0.135. The smallest absolute Gasteiger partial charge is 0.292 e. The van der Waals surface area contributed by atoms with Crippen LogP contribution in [0.4, 0.5) is 0 Å². The van der Waals surface area contributed by atoms with Crippen LogP contribution in [0.1, 0.15) is 40.5 Å². The second-order valence-corrected chi connectivity index (χ2v) is 14.9. The highest BCUT2D eigenvalue weighted by atomic mass is 28.4. The van der Waals surface area contributed by atoms with Gasteiger partial charge in [0, 0.05) is 13.0 Å². The Balaban J connectivity index is 3.93. The van der Waals surface area contributed by atoms with E-state index in [1.165, 1.54) is 0 Å². The predicted molar refractivity (Wildman–Crippen MR) is 86.4 cm³/mol. The first-order valence-corrected chi connectivity index (χ1v) is 13.3. The van der Waals surface area contributed by atoms with E-state index in [1.54, 1.807) is 0 Å². The summed E-state index contributed by atoms with van der Waals surface area (Å²) in [7, 11) is -3.23. The fourth-order valence-electron chi connectivity index (χ4n) is 1.71. The molecular weight excluding hydrogens is 272 g/mol. The normalized spacial score (nSPS) is 12.5. The molecule has 0 aromatic rings. The second kappa shape index (κ2) is 8.92. The Morgan fingerprint density at radius 1 is 0.895 bits per heavy atom. The van der Waals surface area contributed by atoms with Crippen molar-refractivity contribution < 1.29 is 13.6 Å². The molecule has 0 aliphatic rings. The van der Waals surface area contributed by atoms with E-state index in [1.807, 2.05) is 0 Å². The molecule has 0 bridgehead atoms. The summed E-state index contributed by atoms with van der Waals surface area (Å²) in [5.74, 6) is -0.0298. The molecule has 19 heavy (non-hydrogen) atoms. The van der Waals surface area contributed by atoms with Crippen molar-refractivity contribution in [2.24, 2.45) is 0 Å². The van der Waals surface area contributed by atoms with Gasteiger partial charge >= 0.3 is 0 Å². The third-order valence-electron chi connectivity index (χ3n) is 4.33. The van der Waals surface area contributed by atoms with Gasteiger partial charge in [0.2, 0.25) is 0 Å². The van der Waals surface area contributed by atoms with Crippen molar-refractivity contribution in [1.82, 2.24) is 0 Å². The quantitative estimate of drug-likeness (QED) is 0.438. The summed E-state index contributed by atoms with van der Waals surface area (Å²) in [6.45, 7) is 13.7. The maximum atomic E-state index is 11.8. The first-order chi connectivity index (χ1) is 8.84. The van der Waals surface area contributed by atoms with Gasteiger partial charge in [0.1, 0.15) is 0 Å². The molecule has 0 saturated heterocycles. The Morgan fingerprint density at radius 2 is 1.37 bits per heavy atom. The lowest BCUT2D eigenvalue weighted by Crippen LogP contribution is -2.35. The van der Waals surface area contributed by atoms with Gasteiger partial charge in [0.05, 0.1) is 0 Å². The fourth-order valence-corrected chi connectivity index (χ4v) is 4.70. The van der Waals surface area contributed by atoms with E-state index in [0.717, 1.165) is 30.6 Å². The van der Waals surface area contributed by atoms with Crippen LogP contribution in [0.5, 0.6) is 0 Å². The first-order valence-electron chi connectivity index (χ1n) is 7.70. The van der Waals surface area contributed by atoms with Crippen LogP contribution < -0.4 is 0 Å². The molecule has 0 rings (SSSR count). The maximum absolute atomic E-state index is 11.8. The van der Waals surface area contributed by atoms with Crippen molar-refractivity contribution in [3.63, 3.8) is 0 Å². The lowest BCUT2D eigenvalue weighted by atomic mass is 10.3. The van der Waals surface area contributed by atoms with Crippen LogP contribution in [0.25, 0.3) is 0 Å². The summed E-state index contributed by atoms with van der Waals surface area (Å²) >= 11 is 0. The summed E-state index contributed by atoms with van der Waals surface area (Å²) in [4.78, 5) is 11.8. The Bertz CT molecular complexity index is 261. The van der Waals surface area contributed by atoms with Gasteiger partial charge in [-0.3, -0.25) is 4.79 Å². The minimum Gasteiger partial charge on any atom is -0.519 e. The Hall–Kier alpha value is -0.136. The maximum Gasteiger partial charge on any atom is 0.292 e. The zero-order valence-corrected chi connectivity index (χ0v) is 15.7. The summed E-state index contributed by atoms with van der Waals surface area (Å²) in [6.07, 6.45) is 1.29. The molecule has 0 fully saturated rings. The van der Waals surface area contributed by atoms with Gasteiger partial charge < -0.3 is 8.85 Å². The lowest BCUT2D eigenvalue weighted by Gasteiger charge is -2.25. The zero-order chi connectivity index (χ0) is 14.9. The molecule has 0 aromatic heterocycles. The molecule has 0 atom stereocenters. The third kappa shape index (κ3) is 7.27. The summed E-state index contributed by atoms with van der Waals surface area (Å²) in [5.41, 5.74) is 0. The number of carbonyl (C=O) groups is 1. The molecule has 0 aliphatic heterocycles. The van der Waals surface area contributed by atoms with Crippen LogP contribution in [0.15, 0.2) is 0 Å². The molecule has 0 heterocycles. The molecule has 0 aliphatic carbocycles. The largest absolute Gasteiger partial charge is 0.519 e. The van der Waals surface area contributed by atoms with Crippen molar-refractivity contribution in [3.8, 4) is 0 Å². The third-order valence-corrected chi connectivity index (χ3v) is 11.9. The average molecular weight is 305 g/mol. The van der Waals surface area contributed by atoms with Crippen LogP contribution >= 0.6 is 0 Å². The second-order valence-electron chi connectivity index (χ2n) is 5.74. The molecule has 0 unspecified atom stereocenters. The number of carbonyl (C=O) groups excluding carboxylic acids is 1. The van der Waals surface area contributed by atoms with Crippen LogP contribution in [0.2, 0.25) is 37.3 Å². The predicted octanol–water partition coefficient (Wildman–Crippen LogP) is 4.56. The van der Waals surface area contributed by atoms with Gasteiger partial charge in [-0.25, -0.2) is 0 Å². The van der Waals surface area contributed by atoms with Gasteiger partial charge in [-0.2, -0.15) is 0 Å². The van der Waals surface area contributed by atoms with E-state index in [2.05, 4.69) is 40.8 Å². The highest BCUT2D eigenvalue weighted by Crippen LogP contribution is 2.18. The average Bonchev–Trinajstić information content (AvgIpc) is 2.43. The van der Waals surface area contributed by atoms with Crippen LogP contribution in [0, 0.1) is 0 Å². The minimum atomic E-state index is -1.75. The monoisotopic (exact) mass is 304 g/mol. The van der Waals surface area contributed by atoms with Gasteiger partial charge in [0.15, 0.2) is 8.32 Å². The standard InChI is InChI=1S/C14H32O3Si2/c1-7-18(5,8-2)16-13-11-12-14(15)17-19(6,9-3)10-4/h7-13H2,1-6H3. The van der Waals surface area contributed by atoms with Gasteiger partial charge in [-0.15, -0.1) is 0 Å². The van der Waals surface area contributed by atoms with E-state index in [0.29, 0.717) is 13.0 Å². The van der Waals surface area contributed by atoms with Crippen LogP contribution in [-0.2, 0) is 13.6 Å². The summed E-state index contributed by atoms with van der Waals surface area (Å²) in [5, 5.41) is 0. The Kier molecular flexibility index (Phi) is 8.86. The molecular formula is C14H32O3Si2. The van der Waals surface area contributed by atoms with Crippen molar-refractivity contribution in [2.75, 3.05) is 6.61 Å². The molecule has 0 N–H and O–H groups in total. The number of hydrogen-bond donors (Lipinski definition) is 0. The van der Waals surface area contributed by atoms with Crippen LogP contribution in [-0.4, -0.2) is 29.2 Å². The van der Waals surface area contributed by atoms with E-state index in [9.17, 15) is 4.79 Å². The SMILES string of the molecule is CC[Si](C)(CC)OCCCC(=O)O[Si](C)(CC)CC. The molecule has 3 nitrogen and oxygen atoms in total. The number of hydrogen-bond acceptors (Lipinski definition) is 3. The van der Waals surface area contributed by atoms with E-state index in [4.69, 9.17) is 8.85 Å². The Morgan fingerprint density at radius 3 is 1.79 bits per heavy atom. The fraction of sp³-hybridized carbons (Fsp3) is 0.929. The van der Waals surface area contributed by atoms with Gasteiger partial charge in [-0.1, -0.05) is 27.7 Å². The molecule has 0 radical (unpaired) electrons. The zero-order valence-electron chi connectivity index (χ0n) is 13.7. The van der Waals surface area contributed by atoms with Gasteiger partial charge in [0.25, 0.3) is 14.3 Å². The number of rotatable bonds is 10. The topological polar surface area (TPSA) is 35.5 Å². The molecule has 114 valence electrons. The van der Waals surface area contributed by atoms with Gasteiger partial charge in [-0.05, 0) is 43.7 Å². The van der Waals surface area contributed by atoms with E-state index in [-0.39, 0.29) is 5.97 Å². The van der Waals surface area contributed by atoms with Crippen molar-refractivity contribution in [2.45, 2.75) is 77.8 Å². The van der Waals surface area contributed by atoms with Crippen molar-refractivity contribution >= 4 is 22.6 Å². The summed E-state index contributed by atoms with van der Waals surface area (Å²) < 4.78 is 11.7. The first kappa shape index (κ1) is 18.9. The summed E-state index contributed by atoms with van der Waals surface area (Å²) in [6, 6.07) is 4.29. The molecule has 0 saturated carbocycles. The van der Waals surface area contributed by atoms with Crippen LogP contribution in [0.3, 0.4) is 0 Å². The minimum absolute atomic E-state index is 0.0298. The molecule has 0 aromatic carbocycles. The van der Waals surface area contributed by atoms with E-state index < -0.39 is 16.6 Å². The Labute approximate surface area is 121 Å². The van der Waals surface area contributed by atoms with Crippen molar-refractivity contribution in [3.05, 3.63) is 0 Å².